The second-order valence-corrected chi connectivity index (χ2v) is 6.12. The summed E-state index contributed by atoms with van der Waals surface area (Å²) in [6.45, 7) is 0.476. The van der Waals surface area contributed by atoms with E-state index in [0.717, 1.165) is 12.2 Å². The van der Waals surface area contributed by atoms with E-state index in [1.165, 1.54) is 12.2 Å². The van der Waals surface area contributed by atoms with Gasteiger partial charge in [-0.05, 0) is 18.6 Å². The predicted molar refractivity (Wildman–Crippen MR) is 56.3 cm³/mol. The van der Waals surface area contributed by atoms with Crippen LogP contribution in [-0.4, -0.2) is 38.3 Å². The van der Waals surface area contributed by atoms with Crippen LogP contribution in [0.1, 0.15) is 12.8 Å². The summed E-state index contributed by atoms with van der Waals surface area (Å²) in [5.74, 6) is 2.35. The topological polar surface area (TPSA) is 72.2 Å². The highest BCUT2D eigenvalue weighted by Gasteiger charge is 2.13. The van der Waals surface area contributed by atoms with Crippen molar-refractivity contribution in [3.8, 4) is 0 Å². The SMILES string of the molecule is NS(=O)(=O)CCNC1CCCSC1. The molecule has 1 saturated heterocycles. The maximum Gasteiger partial charge on any atom is 0.210 e. The highest BCUT2D eigenvalue weighted by Crippen LogP contribution is 2.16. The summed E-state index contributed by atoms with van der Waals surface area (Å²) in [5, 5.41) is 8.08. The lowest BCUT2D eigenvalue weighted by molar-refractivity contribution is 0.520. The molecule has 1 unspecified atom stereocenters. The molecule has 1 aliphatic heterocycles. The van der Waals surface area contributed by atoms with E-state index in [1.807, 2.05) is 11.8 Å². The van der Waals surface area contributed by atoms with E-state index < -0.39 is 10.0 Å². The molecule has 0 aromatic heterocycles. The zero-order valence-corrected chi connectivity index (χ0v) is 9.16. The van der Waals surface area contributed by atoms with Crippen molar-refractivity contribution in [2.24, 2.45) is 5.14 Å². The Morgan fingerprint density at radius 2 is 2.31 bits per heavy atom. The lowest BCUT2D eigenvalue weighted by atomic mass is 10.2. The molecule has 0 amide bonds. The van der Waals surface area contributed by atoms with Crippen molar-refractivity contribution < 1.29 is 8.42 Å². The Hall–Kier alpha value is 0.220. The van der Waals surface area contributed by atoms with E-state index in [2.05, 4.69) is 5.32 Å². The summed E-state index contributed by atoms with van der Waals surface area (Å²) >= 11 is 1.92. The van der Waals surface area contributed by atoms with Gasteiger partial charge in [-0.2, -0.15) is 11.8 Å². The molecule has 4 nitrogen and oxygen atoms in total. The number of rotatable bonds is 4. The lowest BCUT2D eigenvalue weighted by Crippen LogP contribution is -2.37. The molecular formula is C7H16N2O2S2. The number of sulfonamides is 1. The first-order chi connectivity index (χ1) is 6.08. The normalized spacial score (nSPS) is 24.5. The maximum atomic E-state index is 10.6. The first-order valence-corrected chi connectivity index (χ1v) is 7.26. The molecule has 0 aromatic carbocycles. The minimum absolute atomic E-state index is 0.0359. The van der Waals surface area contributed by atoms with Gasteiger partial charge in [0.2, 0.25) is 10.0 Å². The highest BCUT2D eigenvalue weighted by atomic mass is 32.2. The number of nitrogens with two attached hydrogens (primary N) is 1. The second-order valence-electron chi connectivity index (χ2n) is 3.24. The van der Waals surface area contributed by atoms with E-state index >= 15 is 0 Å². The number of hydrogen-bond donors (Lipinski definition) is 2. The molecule has 1 aliphatic rings. The summed E-state index contributed by atoms with van der Waals surface area (Å²) < 4.78 is 21.2. The first kappa shape index (κ1) is 11.3. The van der Waals surface area contributed by atoms with Crippen LogP contribution in [0.15, 0.2) is 0 Å². The third-order valence-electron chi connectivity index (χ3n) is 1.98. The highest BCUT2D eigenvalue weighted by molar-refractivity contribution is 7.99. The van der Waals surface area contributed by atoms with E-state index in [1.54, 1.807) is 0 Å². The molecule has 0 spiro atoms. The number of thioether (sulfide) groups is 1. The van der Waals surface area contributed by atoms with Gasteiger partial charge in [0, 0.05) is 18.3 Å². The number of primary sulfonamides is 1. The molecule has 0 bridgehead atoms. The van der Waals surface area contributed by atoms with E-state index in [0.29, 0.717) is 12.6 Å². The number of nitrogens with one attached hydrogen (secondary N) is 1. The molecule has 1 heterocycles. The molecule has 0 radical (unpaired) electrons. The van der Waals surface area contributed by atoms with Crippen LogP contribution in [0.3, 0.4) is 0 Å². The van der Waals surface area contributed by atoms with Gasteiger partial charge in [-0.25, -0.2) is 13.6 Å². The lowest BCUT2D eigenvalue weighted by Gasteiger charge is -2.22. The van der Waals surface area contributed by atoms with Crippen molar-refractivity contribution in [2.75, 3.05) is 23.8 Å². The molecule has 13 heavy (non-hydrogen) atoms. The molecule has 0 aromatic rings. The zero-order valence-electron chi connectivity index (χ0n) is 7.53. The Morgan fingerprint density at radius 1 is 1.54 bits per heavy atom. The summed E-state index contributed by atoms with van der Waals surface area (Å²) in [4.78, 5) is 0. The molecule has 3 N–H and O–H groups in total. The van der Waals surface area contributed by atoms with Crippen molar-refractivity contribution >= 4 is 21.8 Å². The molecule has 0 saturated carbocycles. The molecule has 0 aliphatic carbocycles. The first-order valence-electron chi connectivity index (χ1n) is 4.39. The van der Waals surface area contributed by atoms with Crippen LogP contribution in [0, 0.1) is 0 Å². The van der Waals surface area contributed by atoms with Crippen LogP contribution in [0.25, 0.3) is 0 Å². The van der Waals surface area contributed by atoms with Gasteiger partial charge in [0.1, 0.15) is 0 Å². The van der Waals surface area contributed by atoms with Crippen molar-refractivity contribution in [1.29, 1.82) is 0 Å². The Morgan fingerprint density at radius 3 is 2.85 bits per heavy atom. The molecule has 1 fully saturated rings. The predicted octanol–water partition coefficient (Wildman–Crippen LogP) is -0.240. The maximum absolute atomic E-state index is 10.6. The third kappa shape index (κ3) is 5.51. The van der Waals surface area contributed by atoms with Gasteiger partial charge in [0.15, 0.2) is 0 Å². The molecule has 6 heteroatoms. The van der Waals surface area contributed by atoms with Crippen molar-refractivity contribution in [1.82, 2.24) is 5.32 Å². The van der Waals surface area contributed by atoms with E-state index in [9.17, 15) is 8.42 Å². The van der Waals surface area contributed by atoms with E-state index in [-0.39, 0.29) is 5.75 Å². The van der Waals surface area contributed by atoms with Crippen LogP contribution in [-0.2, 0) is 10.0 Å². The summed E-state index contributed by atoms with van der Waals surface area (Å²) in [5.41, 5.74) is 0. The Bertz CT molecular complexity index is 235. The Kier molecular flexibility index (Phi) is 4.51. The Labute approximate surface area is 83.7 Å². The fraction of sp³-hybridized carbons (Fsp3) is 1.00. The van der Waals surface area contributed by atoms with Gasteiger partial charge in [-0.1, -0.05) is 0 Å². The number of hydrogen-bond acceptors (Lipinski definition) is 4. The summed E-state index contributed by atoms with van der Waals surface area (Å²) in [7, 11) is -3.29. The van der Waals surface area contributed by atoms with Crippen LogP contribution in [0.5, 0.6) is 0 Å². The average molecular weight is 224 g/mol. The van der Waals surface area contributed by atoms with Crippen LogP contribution in [0.2, 0.25) is 0 Å². The third-order valence-corrected chi connectivity index (χ3v) is 3.97. The van der Waals surface area contributed by atoms with E-state index in [4.69, 9.17) is 5.14 Å². The van der Waals surface area contributed by atoms with Gasteiger partial charge in [-0.3, -0.25) is 0 Å². The molecule has 1 atom stereocenters. The minimum atomic E-state index is -3.29. The van der Waals surface area contributed by atoms with Crippen LogP contribution >= 0.6 is 11.8 Å². The zero-order chi connectivity index (χ0) is 9.73. The smallest absolute Gasteiger partial charge is 0.210 e. The standard InChI is InChI=1S/C7H16N2O2S2/c8-13(10,11)5-3-9-7-2-1-4-12-6-7/h7,9H,1-6H2,(H2,8,10,11). The molecule has 78 valence electrons. The fourth-order valence-corrected chi connectivity index (χ4v) is 2.82. The van der Waals surface area contributed by atoms with Crippen molar-refractivity contribution in [3.05, 3.63) is 0 Å². The van der Waals surface area contributed by atoms with Crippen molar-refractivity contribution in [2.45, 2.75) is 18.9 Å². The molecular weight excluding hydrogens is 208 g/mol. The largest absolute Gasteiger partial charge is 0.312 e. The minimum Gasteiger partial charge on any atom is -0.312 e. The van der Waals surface area contributed by atoms with Gasteiger partial charge < -0.3 is 5.32 Å². The van der Waals surface area contributed by atoms with Gasteiger partial charge in [-0.15, -0.1) is 0 Å². The van der Waals surface area contributed by atoms with Gasteiger partial charge >= 0.3 is 0 Å². The Balaban J connectivity index is 2.11. The summed E-state index contributed by atoms with van der Waals surface area (Å²) in [6.07, 6.45) is 2.37. The second kappa shape index (κ2) is 5.19. The van der Waals surface area contributed by atoms with Crippen LogP contribution < -0.4 is 10.5 Å². The van der Waals surface area contributed by atoms with Gasteiger partial charge in [0.25, 0.3) is 0 Å². The molecule has 1 rings (SSSR count). The monoisotopic (exact) mass is 224 g/mol. The fourth-order valence-electron chi connectivity index (χ4n) is 1.31. The van der Waals surface area contributed by atoms with Crippen molar-refractivity contribution in [3.63, 3.8) is 0 Å². The average Bonchev–Trinajstić information content (AvgIpc) is 2.04. The quantitative estimate of drug-likeness (QED) is 0.691. The summed E-state index contributed by atoms with van der Waals surface area (Å²) in [6, 6.07) is 0.473. The van der Waals surface area contributed by atoms with Gasteiger partial charge in [0.05, 0.1) is 5.75 Å². The van der Waals surface area contributed by atoms with Crippen LogP contribution in [0.4, 0.5) is 0 Å².